The normalized spacial score (nSPS) is 10.7. The van der Waals surface area contributed by atoms with E-state index in [0.29, 0.717) is 23.9 Å². The van der Waals surface area contributed by atoms with E-state index in [1.807, 2.05) is 11.4 Å². The number of rotatable bonds is 4. The number of hydrogen-bond acceptors (Lipinski definition) is 6. The van der Waals surface area contributed by atoms with Crippen molar-refractivity contribution in [1.29, 1.82) is 0 Å². The van der Waals surface area contributed by atoms with Gasteiger partial charge >= 0.3 is 0 Å². The predicted octanol–water partition coefficient (Wildman–Crippen LogP) is 2.73. The average Bonchev–Trinajstić information content (AvgIpc) is 2.94. The zero-order chi connectivity index (χ0) is 13.9. The van der Waals surface area contributed by atoms with Crippen molar-refractivity contribution in [2.45, 2.75) is 6.54 Å². The first-order valence-electron chi connectivity index (χ1n) is 5.97. The van der Waals surface area contributed by atoms with Gasteiger partial charge in [0.05, 0.1) is 5.39 Å². The highest BCUT2D eigenvalue weighted by molar-refractivity contribution is 7.16. The van der Waals surface area contributed by atoms with Gasteiger partial charge < -0.3 is 5.32 Å². The van der Waals surface area contributed by atoms with E-state index < -0.39 is 0 Å². The van der Waals surface area contributed by atoms with Crippen LogP contribution < -0.4 is 16.6 Å². The first-order chi connectivity index (χ1) is 9.78. The minimum atomic E-state index is -0.243. The number of hydrazine groups is 1. The molecule has 0 bridgehead atoms. The van der Waals surface area contributed by atoms with Crippen LogP contribution in [0, 0.1) is 5.82 Å². The van der Waals surface area contributed by atoms with Crippen molar-refractivity contribution in [2.75, 3.05) is 10.7 Å². The van der Waals surface area contributed by atoms with E-state index in [1.165, 1.54) is 17.4 Å². The molecule has 0 saturated heterocycles. The Morgan fingerprint density at radius 2 is 2.05 bits per heavy atom. The fraction of sp³-hybridized carbons (Fsp3) is 0.0769. The monoisotopic (exact) mass is 289 g/mol. The highest BCUT2D eigenvalue weighted by Gasteiger charge is 2.09. The maximum absolute atomic E-state index is 13.6. The van der Waals surface area contributed by atoms with Crippen LogP contribution in [0.25, 0.3) is 10.2 Å². The van der Waals surface area contributed by atoms with Gasteiger partial charge in [0.25, 0.3) is 0 Å². The van der Waals surface area contributed by atoms with Crippen molar-refractivity contribution in [2.24, 2.45) is 5.84 Å². The first kappa shape index (κ1) is 12.8. The number of nitrogen functional groups attached to an aromatic ring is 1. The molecule has 0 unspecified atom stereocenters. The van der Waals surface area contributed by atoms with Gasteiger partial charge in [-0.05, 0) is 17.5 Å². The Morgan fingerprint density at radius 1 is 1.20 bits per heavy atom. The molecule has 4 N–H and O–H groups in total. The van der Waals surface area contributed by atoms with Crippen LogP contribution in [0.4, 0.5) is 16.2 Å². The number of nitrogens with two attached hydrogens (primary N) is 1. The standard InChI is InChI=1S/C13H12FN5S/c14-10-4-2-1-3-8(10)7-16-11-9-5-6-20-12(9)18-13(17-11)19-15/h1-6H,7,15H2,(H2,16,17,18,19). The molecular formula is C13H12FN5S. The highest BCUT2D eigenvalue weighted by atomic mass is 32.1. The lowest BCUT2D eigenvalue weighted by molar-refractivity contribution is 0.613. The highest BCUT2D eigenvalue weighted by Crippen LogP contribution is 2.26. The van der Waals surface area contributed by atoms with Gasteiger partial charge in [0, 0.05) is 12.1 Å². The van der Waals surface area contributed by atoms with Crippen molar-refractivity contribution in [3.8, 4) is 0 Å². The number of halogens is 1. The lowest BCUT2D eigenvalue weighted by Gasteiger charge is -2.09. The summed E-state index contributed by atoms with van der Waals surface area (Å²) in [5.74, 6) is 6.07. The summed E-state index contributed by atoms with van der Waals surface area (Å²) in [4.78, 5) is 9.33. The fourth-order valence-corrected chi connectivity index (χ4v) is 2.64. The summed E-state index contributed by atoms with van der Waals surface area (Å²) in [6, 6.07) is 8.55. The van der Waals surface area contributed by atoms with Gasteiger partial charge in [-0.25, -0.2) is 15.2 Å². The van der Waals surface area contributed by atoms with Gasteiger partial charge in [0.1, 0.15) is 16.5 Å². The van der Waals surface area contributed by atoms with Crippen LogP contribution in [-0.4, -0.2) is 9.97 Å². The number of nitrogens with one attached hydrogen (secondary N) is 2. The number of thiophene rings is 1. The second kappa shape index (κ2) is 5.40. The summed E-state index contributed by atoms with van der Waals surface area (Å²) in [5, 5.41) is 5.94. The molecule has 3 rings (SSSR count). The molecule has 2 heterocycles. The minimum Gasteiger partial charge on any atom is -0.365 e. The van der Waals surface area contributed by atoms with Crippen LogP contribution >= 0.6 is 11.3 Å². The fourth-order valence-electron chi connectivity index (χ4n) is 1.88. The number of anilines is 2. The molecule has 0 radical (unpaired) electrons. The average molecular weight is 289 g/mol. The topological polar surface area (TPSA) is 75.9 Å². The van der Waals surface area contributed by atoms with E-state index in [-0.39, 0.29) is 5.82 Å². The van der Waals surface area contributed by atoms with Crippen LogP contribution in [-0.2, 0) is 6.54 Å². The molecule has 0 atom stereocenters. The molecule has 3 aromatic rings. The van der Waals surface area contributed by atoms with Crippen LogP contribution in [0.5, 0.6) is 0 Å². The molecule has 20 heavy (non-hydrogen) atoms. The molecule has 1 aromatic carbocycles. The number of nitrogens with zero attached hydrogens (tertiary/aromatic N) is 2. The molecule has 0 spiro atoms. The van der Waals surface area contributed by atoms with Gasteiger partial charge in [0.2, 0.25) is 5.95 Å². The van der Waals surface area contributed by atoms with E-state index in [0.717, 1.165) is 10.2 Å². The summed E-state index contributed by atoms with van der Waals surface area (Å²) in [6.45, 7) is 0.346. The van der Waals surface area contributed by atoms with E-state index in [2.05, 4.69) is 20.7 Å². The Kier molecular flexibility index (Phi) is 3.44. The SMILES string of the molecule is NNc1nc(NCc2ccccc2F)c2ccsc2n1. The van der Waals surface area contributed by atoms with Crippen LogP contribution in [0.3, 0.4) is 0 Å². The smallest absolute Gasteiger partial charge is 0.240 e. The van der Waals surface area contributed by atoms with Gasteiger partial charge in [-0.1, -0.05) is 18.2 Å². The molecule has 0 aliphatic rings. The molecule has 0 fully saturated rings. The van der Waals surface area contributed by atoms with Gasteiger partial charge in [0.15, 0.2) is 0 Å². The first-order valence-corrected chi connectivity index (χ1v) is 6.85. The number of benzene rings is 1. The van der Waals surface area contributed by atoms with Gasteiger partial charge in [-0.2, -0.15) is 4.98 Å². The second-order valence-electron chi connectivity index (χ2n) is 4.12. The van der Waals surface area contributed by atoms with Crippen molar-refractivity contribution in [3.05, 3.63) is 47.1 Å². The predicted molar refractivity (Wildman–Crippen MR) is 79.0 cm³/mol. The van der Waals surface area contributed by atoms with Crippen molar-refractivity contribution >= 4 is 33.3 Å². The Labute approximate surface area is 118 Å². The van der Waals surface area contributed by atoms with Crippen LogP contribution in [0.15, 0.2) is 35.7 Å². The third-order valence-electron chi connectivity index (χ3n) is 2.86. The summed E-state index contributed by atoms with van der Waals surface area (Å²) < 4.78 is 13.6. The molecule has 7 heteroatoms. The lowest BCUT2D eigenvalue weighted by Crippen LogP contribution is -2.12. The zero-order valence-corrected chi connectivity index (χ0v) is 11.2. The van der Waals surface area contributed by atoms with E-state index in [1.54, 1.807) is 18.2 Å². The molecule has 0 aliphatic heterocycles. The summed E-state index contributed by atoms with van der Waals surface area (Å²) >= 11 is 1.50. The second-order valence-corrected chi connectivity index (χ2v) is 5.02. The van der Waals surface area contributed by atoms with Gasteiger partial charge in [-0.3, -0.25) is 5.43 Å². The molecule has 0 saturated carbocycles. The molecule has 5 nitrogen and oxygen atoms in total. The summed E-state index contributed by atoms with van der Waals surface area (Å²) in [6.07, 6.45) is 0. The van der Waals surface area contributed by atoms with E-state index >= 15 is 0 Å². The van der Waals surface area contributed by atoms with E-state index in [9.17, 15) is 4.39 Å². The zero-order valence-electron chi connectivity index (χ0n) is 10.4. The van der Waals surface area contributed by atoms with Crippen LogP contribution in [0.1, 0.15) is 5.56 Å². The third kappa shape index (κ3) is 2.40. The molecule has 102 valence electrons. The molecule has 0 amide bonds. The maximum Gasteiger partial charge on any atom is 0.240 e. The van der Waals surface area contributed by atoms with Crippen molar-refractivity contribution < 1.29 is 4.39 Å². The number of aromatic nitrogens is 2. The van der Waals surface area contributed by atoms with Crippen LogP contribution in [0.2, 0.25) is 0 Å². The summed E-state index contributed by atoms with van der Waals surface area (Å²) in [5.41, 5.74) is 3.01. The van der Waals surface area contributed by atoms with Crippen molar-refractivity contribution in [1.82, 2.24) is 9.97 Å². The largest absolute Gasteiger partial charge is 0.365 e. The van der Waals surface area contributed by atoms with Gasteiger partial charge in [-0.15, -0.1) is 11.3 Å². The minimum absolute atomic E-state index is 0.243. The molecule has 2 aromatic heterocycles. The summed E-state index contributed by atoms with van der Waals surface area (Å²) in [7, 11) is 0. The lowest BCUT2D eigenvalue weighted by atomic mass is 10.2. The quantitative estimate of drug-likeness (QED) is 0.508. The Morgan fingerprint density at radius 3 is 2.85 bits per heavy atom. The Balaban J connectivity index is 1.90. The Bertz CT molecular complexity index is 742. The number of fused-ring (bicyclic) bond motifs is 1. The Hall–Kier alpha value is -2.25. The van der Waals surface area contributed by atoms with E-state index in [4.69, 9.17) is 5.84 Å². The molecular weight excluding hydrogens is 277 g/mol. The molecule has 0 aliphatic carbocycles. The number of hydrogen-bond donors (Lipinski definition) is 3. The van der Waals surface area contributed by atoms with Crippen molar-refractivity contribution in [3.63, 3.8) is 0 Å². The maximum atomic E-state index is 13.6. The third-order valence-corrected chi connectivity index (χ3v) is 3.66.